The number of nitrogens with one attached hydrogen (secondary N) is 2. The minimum atomic E-state index is -0.293. The third-order valence-electron chi connectivity index (χ3n) is 3.17. The van der Waals surface area contributed by atoms with Gasteiger partial charge in [-0.3, -0.25) is 4.99 Å². The van der Waals surface area contributed by atoms with Gasteiger partial charge in [-0.2, -0.15) is 4.98 Å². The van der Waals surface area contributed by atoms with Crippen molar-refractivity contribution < 1.29 is 4.39 Å². The zero-order chi connectivity index (χ0) is 18.1. The summed E-state index contributed by atoms with van der Waals surface area (Å²) in [5.74, 6) is 0.406. The molecule has 1 heterocycles. The Labute approximate surface area is 151 Å². The lowest BCUT2D eigenvalue weighted by molar-refractivity contribution is 0.613. The molecule has 1 aromatic carbocycles. The van der Waals surface area contributed by atoms with Gasteiger partial charge in [-0.25, -0.2) is 9.37 Å². The highest BCUT2D eigenvalue weighted by molar-refractivity contribution is 6.32. The SMILES string of the molecule is CCCN=C/C(=C\N)Nc1ncc(Cl)c(NCc2ccccc2F)n1. The summed E-state index contributed by atoms with van der Waals surface area (Å²) in [5.41, 5.74) is 6.65. The third kappa shape index (κ3) is 5.72. The predicted molar refractivity (Wildman–Crippen MR) is 100 cm³/mol. The average molecular weight is 363 g/mol. The summed E-state index contributed by atoms with van der Waals surface area (Å²) in [6.45, 7) is 2.99. The van der Waals surface area contributed by atoms with Crippen LogP contribution in [0.4, 0.5) is 16.2 Å². The topological polar surface area (TPSA) is 88.2 Å². The maximum Gasteiger partial charge on any atom is 0.229 e. The number of hydrogen-bond acceptors (Lipinski definition) is 6. The molecule has 2 aromatic rings. The Hall–Kier alpha value is -2.67. The molecule has 0 bridgehead atoms. The Balaban J connectivity index is 2.08. The van der Waals surface area contributed by atoms with Gasteiger partial charge >= 0.3 is 0 Å². The Kier molecular flexibility index (Phi) is 7.16. The van der Waals surface area contributed by atoms with Gasteiger partial charge in [0.15, 0.2) is 5.82 Å². The second-order valence-corrected chi connectivity index (χ2v) is 5.52. The van der Waals surface area contributed by atoms with Crippen molar-refractivity contribution in [3.05, 3.63) is 58.8 Å². The van der Waals surface area contributed by atoms with Gasteiger partial charge in [-0.15, -0.1) is 0 Å². The van der Waals surface area contributed by atoms with E-state index in [-0.39, 0.29) is 12.4 Å². The highest BCUT2D eigenvalue weighted by atomic mass is 35.5. The van der Waals surface area contributed by atoms with Crippen LogP contribution in [0.3, 0.4) is 0 Å². The summed E-state index contributed by atoms with van der Waals surface area (Å²) in [6, 6.07) is 6.50. The lowest BCUT2D eigenvalue weighted by Gasteiger charge is -2.10. The molecule has 0 saturated heterocycles. The van der Waals surface area contributed by atoms with Crippen LogP contribution in [0.25, 0.3) is 0 Å². The summed E-state index contributed by atoms with van der Waals surface area (Å²) in [6.07, 6.45) is 5.39. The van der Waals surface area contributed by atoms with Crippen molar-refractivity contribution in [3.8, 4) is 0 Å². The van der Waals surface area contributed by atoms with Gasteiger partial charge in [0.25, 0.3) is 0 Å². The molecule has 132 valence electrons. The van der Waals surface area contributed by atoms with Crippen molar-refractivity contribution >= 4 is 29.6 Å². The fraction of sp³-hybridized carbons (Fsp3) is 0.235. The van der Waals surface area contributed by atoms with Crippen LogP contribution in [0.15, 0.2) is 47.4 Å². The molecular weight excluding hydrogens is 343 g/mol. The van der Waals surface area contributed by atoms with Gasteiger partial charge in [-0.1, -0.05) is 36.7 Å². The first-order valence-corrected chi connectivity index (χ1v) is 8.20. The lowest BCUT2D eigenvalue weighted by Crippen LogP contribution is -2.10. The van der Waals surface area contributed by atoms with Crippen LogP contribution in [0.5, 0.6) is 0 Å². The number of aromatic nitrogens is 2. The zero-order valence-corrected chi connectivity index (χ0v) is 14.6. The molecule has 0 spiro atoms. The van der Waals surface area contributed by atoms with Gasteiger partial charge in [0.2, 0.25) is 5.95 Å². The molecule has 8 heteroatoms. The van der Waals surface area contributed by atoms with Crippen LogP contribution >= 0.6 is 11.6 Å². The number of nitrogens with zero attached hydrogens (tertiary/aromatic N) is 3. The van der Waals surface area contributed by atoms with Crippen LogP contribution in [-0.2, 0) is 6.54 Å². The predicted octanol–water partition coefficient (Wildman–Crippen LogP) is 3.57. The van der Waals surface area contributed by atoms with Crippen LogP contribution in [0.2, 0.25) is 5.02 Å². The number of aliphatic imine (C=N–C) groups is 1. The van der Waals surface area contributed by atoms with E-state index >= 15 is 0 Å². The Morgan fingerprint density at radius 2 is 2.20 bits per heavy atom. The summed E-state index contributed by atoms with van der Waals surface area (Å²) in [4.78, 5) is 12.6. The monoisotopic (exact) mass is 362 g/mol. The Morgan fingerprint density at radius 3 is 2.92 bits per heavy atom. The maximum absolute atomic E-state index is 13.7. The minimum absolute atomic E-state index is 0.250. The van der Waals surface area contributed by atoms with Gasteiger partial charge in [0.1, 0.15) is 10.8 Å². The molecule has 0 aliphatic carbocycles. The van der Waals surface area contributed by atoms with Gasteiger partial charge in [0.05, 0.1) is 11.9 Å². The number of anilines is 2. The zero-order valence-electron chi connectivity index (χ0n) is 13.8. The number of allylic oxidation sites excluding steroid dienone is 1. The summed E-state index contributed by atoms with van der Waals surface area (Å²) >= 11 is 6.10. The summed E-state index contributed by atoms with van der Waals surface area (Å²) in [7, 11) is 0. The molecule has 6 nitrogen and oxygen atoms in total. The standard InChI is InChI=1S/C17H20ClFN6/c1-2-7-21-10-13(8-20)24-17-23-11-14(18)16(25-17)22-9-12-5-3-4-6-15(12)19/h3-6,8,10-11H,2,7,9,20H2,1H3,(H2,22,23,24,25)/b13-8+,21-10?. The largest absolute Gasteiger partial charge is 0.403 e. The molecule has 0 aliphatic heterocycles. The molecule has 0 atom stereocenters. The number of nitrogens with two attached hydrogens (primary N) is 1. The van der Waals surface area contributed by atoms with E-state index in [4.69, 9.17) is 17.3 Å². The first-order valence-electron chi connectivity index (χ1n) is 7.82. The molecule has 25 heavy (non-hydrogen) atoms. The molecule has 1 aromatic heterocycles. The van der Waals surface area contributed by atoms with E-state index in [1.54, 1.807) is 24.4 Å². The molecule has 4 N–H and O–H groups in total. The van der Waals surface area contributed by atoms with E-state index in [2.05, 4.69) is 25.6 Å². The fourth-order valence-electron chi connectivity index (χ4n) is 1.91. The molecule has 0 aliphatic rings. The van der Waals surface area contributed by atoms with Crippen molar-refractivity contribution in [2.45, 2.75) is 19.9 Å². The molecule has 0 radical (unpaired) electrons. The molecule has 0 amide bonds. The molecule has 0 fully saturated rings. The van der Waals surface area contributed by atoms with Crippen molar-refractivity contribution in [2.24, 2.45) is 10.7 Å². The normalized spacial score (nSPS) is 11.7. The number of benzene rings is 1. The van der Waals surface area contributed by atoms with Gasteiger partial charge in [-0.05, 0) is 12.5 Å². The first kappa shape index (κ1) is 18.7. The van der Waals surface area contributed by atoms with E-state index in [0.717, 1.165) is 6.42 Å². The number of rotatable bonds is 8. The fourth-order valence-corrected chi connectivity index (χ4v) is 2.07. The lowest BCUT2D eigenvalue weighted by atomic mass is 10.2. The molecular formula is C17H20ClFN6. The molecule has 0 unspecified atom stereocenters. The number of halogens is 2. The summed E-state index contributed by atoms with van der Waals surface area (Å²) < 4.78 is 13.7. The molecule has 0 saturated carbocycles. The third-order valence-corrected chi connectivity index (χ3v) is 3.44. The second-order valence-electron chi connectivity index (χ2n) is 5.12. The molecule has 2 rings (SSSR count). The second kappa shape index (κ2) is 9.58. The Morgan fingerprint density at radius 1 is 1.40 bits per heavy atom. The first-order chi connectivity index (χ1) is 12.1. The van der Waals surface area contributed by atoms with E-state index in [1.807, 2.05) is 6.92 Å². The minimum Gasteiger partial charge on any atom is -0.403 e. The van der Waals surface area contributed by atoms with Crippen molar-refractivity contribution in [1.82, 2.24) is 9.97 Å². The van der Waals surface area contributed by atoms with E-state index in [9.17, 15) is 4.39 Å². The van der Waals surface area contributed by atoms with Gasteiger partial charge < -0.3 is 16.4 Å². The van der Waals surface area contributed by atoms with Crippen LogP contribution in [0, 0.1) is 5.82 Å². The van der Waals surface area contributed by atoms with Crippen LogP contribution < -0.4 is 16.4 Å². The van der Waals surface area contributed by atoms with Gasteiger partial charge in [0, 0.05) is 31.1 Å². The van der Waals surface area contributed by atoms with Crippen molar-refractivity contribution in [1.29, 1.82) is 0 Å². The van der Waals surface area contributed by atoms with Crippen LogP contribution in [-0.4, -0.2) is 22.7 Å². The quantitative estimate of drug-likeness (QED) is 0.625. The van der Waals surface area contributed by atoms with E-state index < -0.39 is 0 Å². The average Bonchev–Trinajstić information content (AvgIpc) is 2.62. The van der Waals surface area contributed by atoms with E-state index in [1.165, 1.54) is 18.5 Å². The van der Waals surface area contributed by atoms with Crippen molar-refractivity contribution in [3.63, 3.8) is 0 Å². The highest BCUT2D eigenvalue weighted by Gasteiger charge is 2.07. The summed E-state index contributed by atoms with van der Waals surface area (Å²) in [5, 5.41) is 6.30. The van der Waals surface area contributed by atoms with E-state index in [0.29, 0.717) is 34.6 Å². The number of hydrogen-bond donors (Lipinski definition) is 3. The smallest absolute Gasteiger partial charge is 0.229 e. The van der Waals surface area contributed by atoms with Crippen LogP contribution in [0.1, 0.15) is 18.9 Å². The van der Waals surface area contributed by atoms with Crippen molar-refractivity contribution in [2.75, 3.05) is 17.2 Å². The maximum atomic E-state index is 13.7. The Bertz CT molecular complexity index is 763. The highest BCUT2D eigenvalue weighted by Crippen LogP contribution is 2.21.